The van der Waals surface area contributed by atoms with Gasteiger partial charge in [0.25, 0.3) is 0 Å². The van der Waals surface area contributed by atoms with Gasteiger partial charge < -0.3 is 16.2 Å². The Hall–Kier alpha value is -0.720. The van der Waals surface area contributed by atoms with E-state index in [2.05, 4.69) is 4.98 Å². The van der Waals surface area contributed by atoms with E-state index in [1.807, 2.05) is 0 Å². The Balaban J connectivity index is 2.79. The zero-order chi connectivity index (χ0) is 11.3. The fourth-order valence-corrected chi connectivity index (χ4v) is 2.15. The molecule has 0 aliphatic carbocycles. The summed E-state index contributed by atoms with van der Waals surface area (Å²) in [5.41, 5.74) is 9.34. The number of methoxy groups -OCH3 is 1. The summed E-state index contributed by atoms with van der Waals surface area (Å²) in [5, 5.41) is 0.371. The Bertz CT molecular complexity index is 307. The Labute approximate surface area is 92.4 Å². The fourth-order valence-electron chi connectivity index (χ4n) is 1.37. The van der Waals surface area contributed by atoms with E-state index in [9.17, 15) is 4.39 Å². The maximum atomic E-state index is 14.5. The molecule has 0 bridgehead atoms. The summed E-state index contributed by atoms with van der Waals surface area (Å²) < 4.78 is 19.3. The third-order valence-corrected chi connectivity index (χ3v) is 3.12. The lowest BCUT2D eigenvalue weighted by molar-refractivity contribution is 0.0329. The molecule has 0 aliphatic rings. The highest BCUT2D eigenvalue weighted by atomic mass is 32.1. The molecule has 0 saturated heterocycles. The normalized spacial score (nSPS) is 15.1. The predicted molar refractivity (Wildman–Crippen MR) is 59.5 cm³/mol. The Morgan fingerprint density at radius 2 is 2.40 bits per heavy atom. The fraction of sp³-hybridized carbons (Fsp3) is 0.667. The maximum Gasteiger partial charge on any atom is 0.180 e. The minimum absolute atomic E-state index is 0.00856. The number of hydrogen-bond donors (Lipinski definition) is 2. The number of ether oxygens (including phenoxy) is 1. The molecular weight excluding hydrogens is 217 g/mol. The van der Waals surface area contributed by atoms with Crippen molar-refractivity contribution in [3.05, 3.63) is 11.1 Å². The molecule has 6 heteroatoms. The molecule has 0 aliphatic heterocycles. The summed E-state index contributed by atoms with van der Waals surface area (Å²) in [7, 11) is 1.47. The second-order valence-electron chi connectivity index (χ2n) is 3.35. The standard InChI is InChI=1S/C9H16FN3OS/c1-14-6-9(10,3-2-4-11)7-5-13-8(12)15-7/h5H,2-4,6,11H2,1H3,(H2,12,13). The van der Waals surface area contributed by atoms with Crippen LogP contribution in [0.15, 0.2) is 6.20 Å². The molecule has 1 heterocycles. The predicted octanol–water partition coefficient (Wildman–Crippen LogP) is 1.28. The second-order valence-corrected chi connectivity index (χ2v) is 4.42. The van der Waals surface area contributed by atoms with Crippen LogP contribution in [0.4, 0.5) is 9.52 Å². The maximum absolute atomic E-state index is 14.5. The first-order valence-corrected chi connectivity index (χ1v) is 5.54. The summed E-state index contributed by atoms with van der Waals surface area (Å²) in [4.78, 5) is 4.35. The Kier molecular flexibility index (Phi) is 4.44. The van der Waals surface area contributed by atoms with Crippen molar-refractivity contribution in [2.24, 2.45) is 5.73 Å². The van der Waals surface area contributed by atoms with Crippen LogP contribution in [-0.4, -0.2) is 25.2 Å². The van der Waals surface area contributed by atoms with Crippen molar-refractivity contribution in [1.29, 1.82) is 0 Å². The van der Waals surface area contributed by atoms with Crippen LogP contribution in [0, 0.1) is 0 Å². The van der Waals surface area contributed by atoms with Crippen molar-refractivity contribution in [2.45, 2.75) is 18.5 Å². The van der Waals surface area contributed by atoms with Crippen molar-refractivity contribution < 1.29 is 9.13 Å². The summed E-state index contributed by atoms with van der Waals surface area (Å²) in [5.74, 6) is 0. The van der Waals surface area contributed by atoms with Crippen LogP contribution in [0.25, 0.3) is 0 Å². The van der Waals surface area contributed by atoms with Crippen LogP contribution < -0.4 is 11.5 Å². The summed E-state index contributed by atoms with van der Waals surface area (Å²) in [6.07, 6.45) is 2.41. The van der Waals surface area contributed by atoms with Gasteiger partial charge in [0.1, 0.15) is 0 Å². The van der Waals surface area contributed by atoms with Gasteiger partial charge in [-0.1, -0.05) is 11.3 Å². The van der Waals surface area contributed by atoms with Crippen molar-refractivity contribution in [3.63, 3.8) is 0 Å². The molecule has 1 rings (SSSR count). The number of alkyl halides is 1. The van der Waals surface area contributed by atoms with Gasteiger partial charge in [-0.2, -0.15) is 0 Å². The first-order chi connectivity index (χ1) is 7.12. The third kappa shape index (κ3) is 3.12. The van der Waals surface area contributed by atoms with Crippen molar-refractivity contribution in [3.8, 4) is 0 Å². The third-order valence-electron chi connectivity index (χ3n) is 2.12. The Morgan fingerprint density at radius 3 is 2.87 bits per heavy atom. The van der Waals surface area contributed by atoms with Gasteiger partial charge in [0.15, 0.2) is 10.8 Å². The molecule has 0 aromatic carbocycles. The first-order valence-electron chi connectivity index (χ1n) is 4.72. The average molecular weight is 233 g/mol. The highest BCUT2D eigenvalue weighted by molar-refractivity contribution is 7.15. The lowest BCUT2D eigenvalue weighted by Crippen LogP contribution is -2.26. The van der Waals surface area contributed by atoms with Gasteiger partial charge >= 0.3 is 0 Å². The highest BCUT2D eigenvalue weighted by Gasteiger charge is 2.33. The highest BCUT2D eigenvalue weighted by Crippen LogP contribution is 2.35. The van der Waals surface area contributed by atoms with Crippen molar-refractivity contribution in [1.82, 2.24) is 4.98 Å². The van der Waals surface area contributed by atoms with Crippen LogP contribution in [-0.2, 0) is 10.4 Å². The monoisotopic (exact) mass is 233 g/mol. The van der Waals surface area contributed by atoms with Gasteiger partial charge in [-0.05, 0) is 19.4 Å². The van der Waals surface area contributed by atoms with Gasteiger partial charge in [-0.25, -0.2) is 9.37 Å². The minimum Gasteiger partial charge on any atom is -0.381 e. The molecule has 86 valence electrons. The molecule has 0 fully saturated rings. The molecule has 4 N–H and O–H groups in total. The first kappa shape index (κ1) is 12.4. The van der Waals surface area contributed by atoms with Crippen molar-refractivity contribution in [2.75, 3.05) is 26.0 Å². The molecule has 0 radical (unpaired) electrons. The molecule has 0 spiro atoms. The number of nitrogens with zero attached hydrogens (tertiary/aromatic N) is 1. The summed E-state index contributed by atoms with van der Waals surface area (Å²) >= 11 is 1.16. The SMILES string of the molecule is COCC(F)(CCCN)c1cnc(N)s1. The van der Waals surface area contributed by atoms with Crippen molar-refractivity contribution >= 4 is 16.5 Å². The molecule has 15 heavy (non-hydrogen) atoms. The molecule has 4 nitrogen and oxygen atoms in total. The number of halogens is 1. The number of rotatable bonds is 6. The summed E-state index contributed by atoms with van der Waals surface area (Å²) in [6.45, 7) is 0.471. The topological polar surface area (TPSA) is 74.2 Å². The van der Waals surface area contributed by atoms with Gasteiger partial charge in [0.05, 0.1) is 11.5 Å². The van der Waals surface area contributed by atoms with E-state index < -0.39 is 5.67 Å². The van der Waals surface area contributed by atoms with E-state index in [4.69, 9.17) is 16.2 Å². The summed E-state index contributed by atoms with van der Waals surface area (Å²) in [6, 6.07) is 0. The molecule has 1 aromatic rings. The quantitative estimate of drug-likeness (QED) is 0.776. The van der Waals surface area contributed by atoms with Gasteiger partial charge in [0, 0.05) is 13.3 Å². The molecular formula is C9H16FN3OS. The number of thiazole rings is 1. The number of nitrogens with two attached hydrogens (primary N) is 2. The average Bonchev–Trinajstić information content (AvgIpc) is 2.63. The molecule has 0 amide bonds. The molecule has 1 atom stereocenters. The van der Waals surface area contributed by atoms with Gasteiger partial charge in [-0.3, -0.25) is 0 Å². The van der Waals surface area contributed by atoms with Gasteiger partial charge in [-0.15, -0.1) is 0 Å². The smallest absolute Gasteiger partial charge is 0.180 e. The zero-order valence-electron chi connectivity index (χ0n) is 8.70. The number of nitrogen functional groups attached to an aromatic ring is 1. The number of aromatic nitrogens is 1. The van der Waals surface area contributed by atoms with E-state index in [-0.39, 0.29) is 6.61 Å². The van der Waals surface area contributed by atoms with E-state index in [0.717, 1.165) is 11.3 Å². The van der Waals surface area contributed by atoms with E-state index in [0.29, 0.717) is 29.4 Å². The van der Waals surface area contributed by atoms with E-state index in [1.54, 1.807) is 0 Å². The van der Waals surface area contributed by atoms with Crippen LogP contribution >= 0.6 is 11.3 Å². The Morgan fingerprint density at radius 1 is 1.67 bits per heavy atom. The van der Waals surface area contributed by atoms with Crippen LogP contribution in [0.2, 0.25) is 0 Å². The van der Waals surface area contributed by atoms with E-state index in [1.165, 1.54) is 13.3 Å². The minimum atomic E-state index is -1.51. The lowest BCUT2D eigenvalue weighted by atomic mass is 9.99. The second kappa shape index (κ2) is 5.39. The zero-order valence-corrected chi connectivity index (χ0v) is 9.52. The lowest BCUT2D eigenvalue weighted by Gasteiger charge is -2.22. The van der Waals surface area contributed by atoms with Gasteiger partial charge in [0.2, 0.25) is 0 Å². The molecule has 1 unspecified atom stereocenters. The molecule has 0 saturated carbocycles. The van der Waals surface area contributed by atoms with Crippen LogP contribution in [0.1, 0.15) is 17.7 Å². The molecule has 1 aromatic heterocycles. The number of hydrogen-bond acceptors (Lipinski definition) is 5. The number of anilines is 1. The van der Waals surface area contributed by atoms with E-state index >= 15 is 0 Å². The van der Waals surface area contributed by atoms with Crippen LogP contribution in [0.5, 0.6) is 0 Å². The van der Waals surface area contributed by atoms with Crippen LogP contribution in [0.3, 0.4) is 0 Å². The largest absolute Gasteiger partial charge is 0.381 e.